The molecule has 0 saturated carbocycles. The Balaban J connectivity index is 1.58. The second kappa shape index (κ2) is 11.1. The van der Waals surface area contributed by atoms with Gasteiger partial charge in [0.1, 0.15) is 5.84 Å². The summed E-state index contributed by atoms with van der Waals surface area (Å²) in [6.45, 7) is 5.93. The number of benzene rings is 3. The topological polar surface area (TPSA) is 65.7 Å². The van der Waals surface area contributed by atoms with Gasteiger partial charge in [-0.1, -0.05) is 67.6 Å². The molecule has 35 heavy (non-hydrogen) atoms. The maximum absolute atomic E-state index is 12.0. The number of nitriles is 1. The lowest BCUT2D eigenvalue weighted by molar-refractivity contribution is -0.115. The van der Waals surface area contributed by atoms with Crippen LogP contribution in [0.1, 0.15) is 44.2 Å². The molecule has 1 aliphatic heterocycles. The molecule has 1 heterocycles. The monoisotopic (exact) mass is 465 g/mol. The van der Waals surface area contributed by atoms with Gasteiger partial charge in [0.2, 0.25) is 6.41 Å². The SMILES string of the molecule is CCCC(=NC1(C)CCOC1)N(C=O)Cc1ccc(-c2cc(-c3ccccc3)ccc2C#N)cc1. The fourth-order valence-corrected chi connectivity index (χ4v) is 4.41. The third-order valence-corrected chi connectivity index (χ3v) is 6.39. The summed E-state index contributed by atoms with van der Waals surface area (Å²) in [6.07, 6.45) is 3.39. The first-order chi connectivity index (χ1) is 17.0. The van der Waals surface area contributed by atoms with E-state index in [1.165, 1.54) is 0 Å². The minimum absolute atomic E-state index is 0.271. The zero-order valence-corrected chi connectivity index (χ0v) is 20.4. The van der Waals surface area contributed by atoms with Crippen LogP contribution in [-0.4, -0.2) is 35.9 Å². The lowest BCUT2D eigenvalue weighted by Gasteiger charge is -2.25. The van der Waals surface area contributed by atoms with E-state index in [-0.39, 0.29) is 5.54 Å². The number of carbonyl (C=O) groups is 1. The fourth-order valence-electron chi connectivity index (χ4n) is 4.41. The standard InChI is InChI=1S/C30H31N3O2/c1-3-7-29(32-30(2)16-17-35-21-30)33(22-34)20-23-10-12-25(13-11-23)28-18-26(14-15-27(28)19-31)24-8-5-4-6-9-24/h4-6,8-15,18,22H,3,7,16-17,20-21H2,1-2H3. The van der Waals surface area contributed by atoms with Gasteiger partial charge in [0.05, 0.1) is 30.3 Å². The number of ether oxygens (including phenoxy) is 1. The highest BCUT2D eigenvalue weighted by Crippen LogP contribution is 2.30. The van der Waals surface area contributed by atoms with Gasteiger partial charge in [-0.25, -0.2) is 0 Å². The second-order valence-corrected chi connectivity index (χ2v) is 9.25. The summed E-state index contributed by atoms with van der Waals surface area (Å²) in [5.41, 5.74) is 5.43. The molecule has 1 aliphatic rings. The van der Waals surface area contributed by atoms with Crippen LogP contribution < -0.4 is 0 Å². The Hall–Kier alpha value is -3.75. The molecular weight excluding hydrogens is 434 g/mol. The molecule has 1 unspecified atom stereocenters. The molecule has 178 valence electrons. The van der Waals surface area contributed by atoms with Crippen LogP contribution in [0.2, 0.25) is 0 Å². The van der Waals surface area contributed by atoms with Crippen LogP contribution in [0.3, 0.4) is 0 Å². The highest BCUT2D eigenvalue weighted by Gasteiger charge is 2.30. The Bertz CT molecular complexity index is 1220. The Labute approximate surface area is 207 Å². The summed E-state index contributed by atoms with van der Waals surface area (Å²) in [7, 11) is 0. The highest BCUT2D eigenvalue weighted by atomic mass is 16.5. The van der Waals surface area contributed by atoms with E-state index in [0.717, 1.165) is 59.3 Å². The maximum Gasteiger partial charge on any atom is 0.215 e. The Morgan fingerprint density at radius 2 is 1.83 bits per heavy atom. The van der Waals surface area contributed by atoms with Gasteiger partial charge in [-0.3, -0.25) is 14.7 Å². The number of hydrogen-bond acceptors (Lipinski definition) is 4. The van der Waals surface area contributed by atoms with E-state index in [1.807, 2.05) is 54.6 Å². The Kier molecular flexibility index (Phi) is 7.74. The molecule has 0 aromatic heterocycles. The maximum atomic E-state index is 12.0. The van der Waals surface area contributed by atoms with Crippen LogP contribution in [0.25, 0.3) is 22.3 Å². The van der Waals surface area contributed by atoms with E-state index in [0.29, 0.717) is 25.3 Å². The van der Waals surface area contributed by atoms with Crippen molar-refractivity contribution in [3.05, 3.63) is 83.9 Å². The van der Waals surface area contributed by atoms with E-state index in [9.17, 15) is 10.1 Å². The molecule has 1 fully saturated rings. The number of nitrogens with zero attached hydrogens (tertiary/aromatic N) is 3. The largest absolute Gasteiger partial charge is 0.379 e. The van der Waals surface area contributed by atoms with Crippen molar-refractivity contribution in [2.45, 2.75) is 45.2 Å². The minimum atomic E-state index is -0.271. The van der Waals surface area contributed by atoms with Crippen molar-refractivity contribution in [3.63, 3.8) is 0 Å². The van der Waals surface area contributed by atoms with Crippen molar-refractivity contribution in [3.8, 4) is 28.3 Å². The van der Waals surface area contributed by atoms with Crippen molar-refractivity contribution in [2.24, 2.45) is 4.99 Å². The normalized spacial score (nSPS) is 17.7. The smallest absolute Gasteiger partial charge is 0.215 e. The lowest BCUT2D eigenvalue weighted by atomic mass is 9.94. The summed E-state index contributed by atoms with van der Waals surface area (Å²) in [4.78, 5) is 18.7. The van der Waals surface area contributed by atoms with E-state index in [4.69, 9.17) is 9.73 Å². The molecular formula is C30H31N3O2. The molecule has 0 bridgehead atoms. The predicted molar refractivity (Wildman–Crippen MR) is 140 cm³/mol. The minimum Gasteiger partial charge on any atom is -0.379 e. The molecule has 1 amide bonds. The summed E-state index contributed by atoms with van der Waals surface area (Å²) in [6, 6.07) is 26.5. The van der Waals surface area contributed by atoms with Crippen LogP contribution in [0.15, 0.2) is 77.8 Å². The molecule has 4 rings (SSSR count). The van der Waals surface area contributed by atoms with Gasteiger partial charge in [0, 0.05) is 18.6 Å². The molecule has 5 heteroatoms. The Morgan fingerprint density at radius 1 is 1.09 bits per heavy atom. The van der Waals surface area contributed by atoms with Gasteiger partial charge in [-0.05, 0) is 54.2 Å². The van der Waals surface area contributed by atoms with E-state index < -0.39 is 0 Å². The number of aliphatic imine (C=N–C) groups is 1. The zero-order chi connectivity index (χ0) is 24.7. The Morgan fingerprint density at radius 3 is 2.46 bits per heavy atom. The van der Waals surface area contributed by atoms with Gasteiger partial charge in [-0.2, -0.15) is 5.26 Å². The molecule has 3 aromatic rings. The van der Waals surface area contributed by atoms with Crippen LogP contribution >= 0.6 is 0 Å². The molecule has 3 aromatic carbocycles. The van der Waals surface area contributed by atoms with Crippen LogP contribution in [0.4, 0.5) is 0 Å². The third kappa shape index (κ3) is 5.85. The predicted octanol–water partition coefficient (Wildman–Crippen LogP) is 6.23. The van der Waals surface area contributed by atoms with Gasteiger partial charge < -0.3 is 4.74 Å². The molecule has 0 aliphatic carbocycles. The first-order valence-corrected chi connectivity index (χ1v) is 12.1. The molecule has 0 radical (unpaired) electrons. The lowest BCUT2D eigenvalue weighted by Crippen LogP contribution is -2.34. The van der Waals surface area contributed by atoms with E-state index in [1.54, 1.807) is 4.90 Å². The van der Waals surface area contributed by atoms with Gasteiger partial charge in [-0.15, -0.1) is 0 Å². The average Bonchev–Trinajstić information content (AvgIpc) is 3.33. The number of rotatable bonds is 8. The second-order valence-electron chi connectivity index (χ2n) is 9.25. The molecule has 0 spiro atoms. The molecule has 1 atom stereocenters. The molecule has 0 N–H and O–H groups in total. The van der Waals surface area contributed by atoms with Crippen LogP contribution in [0.5, 0.6) is 0 Å². The quantitative estimate of drug-likeness (QED) is 0.225. The van der Waals surface area contributed by atoms with E-state index in [2.05, 4.69) is 38.1 Å². The first-order valence-electron chi connectivity index (χ1n) is 12.1. The summed E-state index contributed by atoms with van der Waals surface area (Å²) >= 11 is 0. The first kappa shape index (κ1) is 24.4. The van der Waals surface area contributed by atoms with Crippen LogP contribution in [-0.2, 0) is 16.1 Å². The molecule has 1 saturated heterocycles. The van der Waals surface area contributed by atoms with Gasteiger partial charge in [0.15, 0.2) is 0 Å². The van der Waals surface area contributed by atoms with E-state index >= 15 is 0 Å². The number of amidine groups is 1. The van der Waals surface area contributed by atoms with Gasteiger partial charge >= 0.3 is 0 Å². The van der Waals surface area contributed by atoms with Crippen molar-refractivity contribution in [1.82, 2.24) is 4.90 Å². The summed E-state index contributed by atoms with van der Waals surface area (Å²) in [5, 5.41) is 9.68. The van der Waals surface area contributed by atoms with Gasteiger partial charge in [0.25, 0.3) is 0 Å². The summed E-state index contributed by atoms with van der Waals surface area (Å²) < 4.78 is 5.54. The average molecular weight is 466 g/mol. The number of hydrogen-bond donors (Lipinski definition) is 0. The van der Waals surface area contributed by atoms with Crippen molar-refractivity contribution < 1.29 is 9.53 Å². The number of carbonyl (C=O) groups excluding carboxylic acids is 1. The van der Waals surface area contributed by atoms with Crippen molar-refractivity contribution in [1.29, 1.82) is 5.26 Å². The van der Waals surface area contributed by atoms with Crippen molar-refractivity contribution >= 4 is 12.2 Å². The summed E-state index contributed by atoms with van der Waals surface area (Å²) in [5.74, 6) is 0.807. The fraction of sp³-hybridized carbons (Fsp3) is 0.300. The highest BCUT2D eigenvalue weighted by molar-refractivity contribution is 5.91. The zero-order valence-electron chi connectivity index (χ0n) is 20.4. The van der Waals surface area contributed by atoms with Crippen molar-refractivity contribution in [2.75, 3.05) is 13.2 Å². The molecule has 5 nitrogen and oxygen atoms in total. The third-order valence-electron chi connectivity index (χ3n) is 6.39. The van der Waals surface area contributed by atoms with Crippen LogP contribution in [0, 0.1) is 11.3 Å². The number of amides is 1.